The first-order valence-electron chi connectivity index (χ1n) is 2.49. The molecule has 10 heavy (non-hydrogen) atoms. The van der Waals surface area contributed by atoms with Crippen molar-refractivity contribution in [3.8, 4) is 0 Å². The zero-order valence-electron chi connectivity index (χ0n) is 5.50. The van der Waals surface area contributed by atoms with Crippen LogP contribution in [-0.4, -0.2) is 19.9 Å². The minimum atomic E-state index is 0. The SMILES string of the molecule is [K+].[c-]1ncc2[nH]cnc2n1. The summed E-state index contributed by atoms with van der Waals surface area (Å²) in [5, 5.41) is 0. The Hall–Kier alpha value is 0.186. The largest absolute Gasteiger partial charge is 1.00 e. The maximum atomic E-state index is 3.88. The number of aromatic amines is 1. The van der Waals surface area contributed by atoms with Crippen molar-refractivity contribution in [2.24, 2.45) is 0 Å². The normalized spacial score (nSPS) is 9.20. The van der Waals surface area contributed by atoms with E-state index < -0.39 is 0 Å². The number of aromatic nitrogens is 4. The van der Waals surface area contributed by atoms with Crippen molar-refractivity contribution < 1.29 is 51.4 Å². The first-order chi connectivity index (χ1) is 4.47. The van der Waals surface area contributed by atoms with Crippen molar-refractivity contribution in [3.05, 3.63) is 18.9 Å². The van der Waals surface area contributed by atoms with Crippen molar-refractivity contribution in [2.45, 2.75) is 0 Å². The van der Waals surface area contributed by atoms with Crippen LogP contribution in [0.25, 0.3) is 11.2 Å². The predicted molar refractivity (Wildman–Crippen MR) is 30.5 cm³/mol. The van der Waals surface area contributed by atoms with Gasteiger partial charge in [-0.1, -0.05) is 6.20 Å². The van der Waals surface area contributed by atoms with E-state index in [2.05, 4.69) is 26.3 Å². The van der Waals surface area contributed by atoms with E-state index in [1.165, 1.54) is 0 Å². The molecule has 0 unspecified atom stereocenters. The number of fused-ring (bicyclic) bond motifs is 1. The van der Waals surface area contributed by atoms with Crippen molar-refractivity contribution in [1.82, 2.24) is 19.9 Å². The Morgan fingerprint density at radius 1 is 1.50 bits per heavy atom. The summed E-state index contributed by atoms with van der Waals surface area (Å²) in [7, 11) is 0. The second kappa shape index (κ2) is 3.54. The Kier molecular flexibility index (Phi) is 2.93. The van der Waals surface area contributed by atoms with Crippen LogP contribution in [0.3, 0.4) is 0 Å². The molecule has 2 aromatic rings. The molecule has 5 heteroatoms. The number of hydrogen-bond donors (Lipinski definition) is 1. The number of nitrogens with zero attached hydrogens (tertiary/aromatic N) is 3. The zero-order chi connectivity index (χ0) is 6.10. The van der Waals surface area contributed by atoms with Gasteiger partial charge in [0.05, 0.1) is 12.0 Å². The number of nitrogens with one attached hydrogen (secondary N) is 1. The monoisotopic (exact) mass is 158 g/mol. The van der Waals surface area contributed by atoms with Crippen LogP contribution < -0.4 is 51.4 Å². The molecule has 44 valence electrons. The molecule has 0 radical (unpaired) electrons. The summed E-state index contributed by atoms with van der Waals surface area (Å²) in [4.78, 5) is 14.2. The third kappa shape index (κ3) is 1.43. The van der Waals surface area contributed by atoms with Crippen molar-refractivity contribution in [1.29, 1.82) is 0 Å². The summed E-state index contributed by atoms with van der Waals surface area (Å²) >= 11 is 0. The molecular formula is C5H3KN4. The molecule has 2 rings (SSSR count). The minimum Gasteiger partial charge on any atom is -0.372 e. The van der Waals surface area contributed by atoms with Crippen LogP contribution in [0.4, 0.5) is 0 Å². The third-order valence-electron chi connectivity index (χ3n) is 1.06. The Bertz CT molecular complexity index is 288. The van der Waals surface area contributed by atoms with Crippen LogP contribution in [0.2, 0.25) is 0 Å². The summed E-state index contributed by atoms with van der Waals surface area (Å²) in [6.45, 7) is 0. The standard InChI is InChI=1S/C5H3N4.K/c1-4-5(8-2-6-1)9-3-7-4;/h1,3H,(H,6,7,8,9);/q-1;+1. The van der Waals surface area contributed by atoms with Crippen LogP contribution in [0, 0.1) is 6.33 Å². The number of rotatable bonds is 0. The molecule has 0 atom stereocenters. The van der Waals surface area contributed by atoms with Gasteiger partial charge in [0.25, 0.3) is 0 Å². The average Bonchev–Trinajstić information content (AvgIpc) is 2.33. The molecule has 0 bridgehead atoms. The summed E-state index contributed by atoms with van der Waals surface area (Å²) < 4.78 is 0. The van der Waals surface area contributed by atoms with Gasteiger partial charge in [0.2, 0.25) is 0 Å². The molecule has 2 heterocycles. The van der Waals surface area contributed by atoms with Crippen LogP contribution >= 0.6 is 0 Å². The van der Waals surface area contributed by atoms with E-state index in [4.69, 9.17) is 0 Å². The number of H-pyrrole nitrogens is 1. The van der Waals surface area contributed by atoms with Crippen LogP contribution in [0.5, 0.6) is 0 Å². The smallest absolute Gasteiger partial charge is 0.372 e. The topological polar surface area (TPSA) is 54.5 Å². The first-order valence-corrected chi connectivity index (χ1v) is 2.49. The van der Waals surface area contributed by atoms with Crippen molar-refractivity contribution >= 4 is 11.2 Å². The van der Waals surface area contributed by atoms with Gasteiger partial charge >= 0.3 is 51.4 Å². The Morgan fingerprint density at radius 3 is 3.20 bits per heavy atom. The number of imidazole rings is 1. The molecule has 0 aromatic carbocycles. The second-order valence-electron chi connectivity index (χ2n) is 1.61. The predicted octanol–water partition coefficient (Wildman–Crippen LogP) is -2.84. The van der Waals surface area contributed by atoms with Gasteiger partial charge in [-0.3, -0.25) is 4.98 Å². The zero-order valence-corrected chi connectivity index (χ0v) is 8.62. The maximum absolute atomic E-state index is 3.88. The Balaban J connectivity index is 0.000000500. The molecule has 0 amide bonds. The maximum Gasteiger partial charge on any atom is 1.00 e. The van der Waals surface area contributed by atoms with E-state index in [9.17, 15) is 0 Å². The fourth-order valence-corrected chi connectivity index (χ4v) is 0.651. The van der Waals surface area contributed by atoms with E-state index in [-0.39, 0.29) is 51.4 Å². The molecule has 0 fully saturated rings. The summed E-state index contributed by atoms with van der Waals surface area (Å²) in [5.41, 5.74) is 1.50. The van der Waals surface area contributed by atoms with Gasteiger partial charge in [0, 0.05) is 6.33 Å². The van der Waals surface area contributed by atoms with Gasteiger partial charge in [0.1, 0.15) is 0 Å². The molecule has 0 aliphatic heterocycles. The third-order valence-corrected chi connectivity index (χ3v) is 1.06. The van der Waals surface area contributed by atoms with E-state index in [1.54, 1.807) is 12.5 Å². The van der Waals surface area contributed by atoms with E-state index in [0.29, 0.717) is 5.65 Å². The van der Waals surface area contributed by atoms with Crippen LogP contribution in [0.15, 0.2) is 12.5 Å². The molecule has 0 saturated heterocycles. The van der Waals surface area contributed by atoms with Gasteiger partial charge in [-0.25, -0.2) is 0 Å². The second-order valence-corrected chi connectivity index (χ2v) is 1.61. The molecule has 4 nitrogen and oxygen atoms in total. The summed E-state index contributed by atoms with van der Waals surface area (Å²) in [5.74, 6) is 0. The minimum absolute atomic E-state index is 0. The molecule has 0 aliphatic carbocycles. The Labute approximate surface area is 99.9 Å². The summed E-state index contributed by atoms with van der Waals surface area (Å²) in [6.07, 6.45) is 5.65. The van der Waals surface area contributed by atoms with Gasteiger partial charge in [-0.2, -0.15) is 0 Å². The molecule has 0 spiro atoms. The van der Waals surface area contributed by atoms with Gasteiger partial charge < -0.3 is 15.0 Å². The van der Waals surface area contributed by atoms with Gasteiger partial charge in [0.15, 0.2) is 0 Å². The van der Waals surface area contributed by atoms with Crippen LogP contribution in [0.1, 0.15) is 0 Å². The first kappa shape index (κ1) is 8.28. The molecule has 1 N–H and O–H groups in total. The van der Waals surface area contributed by atoms with E-state index >= 15 is 0 Å². The molecule has 0 saturated carbocycles. The van der Waals surface area contributed by atoms with Crippen molar-refractivity contribution in [3.63, 3.8) is 0 Å². The van der Waals surface area contributed by atoms with E-state index in [0.717, 1.165) is 5.52 Å². The molecule has 0 aliphatic rings. The fraction of sp³-hybridized carbons (Fsp3) is 0. The van der Waals surface area contributed by atoms with Crippen molar-refractivity contribution in [2.75, 3.05) is 0 Å². The van der Waals surface area contributed by atoms with Crippen LogP contribution in [-0.2, 0) is 0 Å². The molecular weight excluding hydrogens is 155 g/mol. The fourth-order valence-electron chi connectivity index (χ4n) is 0.651. The molecule has 2 aromatic heterocycles. The average molecular weight is 158 g/mol. The summed E-state index contributed by atoms with van der Waals surface area (Å²) in [6, 6.07) is 0. The van der Waals surface area contributed by atoms with E-state index in [1.807, 2.05) is 0 Å². The Morgan fingerprint density at radius 2 is 2.40 bits per heavy atom. The van der Waals surface area contributed by atoms with Gasteiger partial charge in [-0.05, 0) is 5.52 Å². The van der Waals surface area contributed by atoms with Gasteiger partial charge in [-0.15, -0.1) is 0 Å². The number of hydrogen-bond acceptors (Lipinski definition) is 3. The quantitative estimate of drug-likeness (QED) is 0.332.